The maximum Gasteiger partial charge on any atom is 0.341 e. The average Bonchev–Trinajstić information content (AvgIpc) is 3.21. The Balaban J connectivity index is 1.68. The SMILES string of the molecule is CCOC(=O)c1c(-c2ccc(Cl)cc2)csc1NC(=O)COC(=O)C=Cc1ccccc1. The molecule has 1 aromatic heterocycles. The number of halogens is 1. The summed E-state index contributed by atoms with van der Waals surface area (Å²) >= 11 is 7.13. The van der Waals surface area contributed by atoms with Crippen molar-refractivity contribution < 1.29 is 23.9 Å². The fraction of sp³-hybridized carbons (Fsp3) is 0.125. The topological polar surface area (TPSA) is 81.7 Å². The van der Waals surface area contributed by atoms with Gasteiger partial charge in [0.2, 0.25) is 0 Å². The minimum atomic E-state index is -0.650. The van der Waals surface area contributed by atoms with Crippen LogP contribution in [0.4, 0.5) is 5.00 Å². The summed E-state index contributed by atoms with van der Waals surface area (Å²) in [6.45, 7) is 1.40. The molecule has 164 valence electrons. The molecular weight excluding hydrogens is 450 g/mol. The maximum absolute atomic E-state index is 12.6. The molecule has 0 bridgehead atoms. The van der Waals surface area contributed by atoms with Gasteiger partial charge in [0, 0.05) is 22.0 Å². The molecule has 0 spiro atoms. The van der Waals surface area contributed by atoms with Crippen molar-refractivity contribution in [3.63, 3.8) is 0 Å². The lowest BCUT2D eigenvalue weighted by atomic mass is 10.0. The van der Waals surface area contributed by atoms with Crippen LogP contribution in [0.2, 0.25) is 5.02 Å². The highest BCUT2D eigenvalue weighted by Gasteiger charge is 2.23. The predicted octanol–water partition coefficient (Wildman–Crippen LogP) is 5.44. The van der Waals surface area contributed by atoms with Gasteiger partial charge in [0.15, 0.2) is 6.61 Å². The monoisotopic (exact) mass is 469 g/mol. The van der Waals surface area contributed by atoms with Crippen molar-refractivity contribution in [1.29, 1.82) is 0 Å². The first-order valence-electron chi connectivity index (χ1n) is 9.72. The number of carbonyl (C=O) groups is 3. The van der Waals surface area contributed by atoms with Crippen LogP contribution in [0, 0.1) is 0 Å². The number of ether oxygens (including phenoxy) is 2. The quantitative estimate of drug-likeness (QED) is 0.351. The summed E-state index contributed by atoms with van der Waals surface area (Å²) in [5, 5.41) is 5.26. The number of nitrogens with one attached hydrogen (secondary N) is 1. The van der Waals surface area contributed by atoms with Gasteiger partial charge in [0.1, 0.15) is 10.6 Å². The summed E-state index contributed by atoms with van der Waals surface area (Å²) in [5.41, 5.74) is 2.44. The molecule has 0 aliphatic rings. The van der Waals surface area contributed by atoms with Gasteiger partial charge >= 0.3 is 11.9 Å². The molecule has 0 fully saturated rings. The largest absolute Gasteiger partial charge is 0.462 e. The third kappa shape index (κ3) is 6.29. The van der Waals surface area contributed by atoms with Crippen LogP contribution in [0.5, 0.6) is 0 Å². The first-order valence-corrected chi connectivity index (χ1v) is 11.0. The van der Waals surface area contributed by atoms with E-state index in [0.717, 1.165) is 11.1 Å². The van der Waals surface area contributed by atoms with Crippen molar-refractivity contribution in [2.45, 2.75) is 6.92 Å². The number of anilines is 1. The molecule has 0 radical (unpaired) electrons. The number of carbonyl (C=O) groups excluding carboxylic acids is 3. The van der Waals surface area contributed by atoms with E-state index in [-0.39, 0.29) is 12.2 Å². The molecule has 0 saturated carbocycles. The number of benzene rings is 2. The van der Waals surface area contributed by atoms with Gasteiger partial charge < -0.3 is 14.8 Å². The minimum absolute atomic E-state index is 0.188. The number of hydrogen-bond acceptors (Lipinski definition) is 6. The third-order valence-electron chi connectivity index (χ3n) is 4.24. The van der Waals surface area contributed by atoms with Crippen LogP contribution in [0.15, 0.2) is 66.1 Å². The van der Waals surface area contributed by atoms with E-state index in [9.17, 15) is 14.4 Å². The van der Waals surface area contributed by atoms with Crippen LogP contribution >= 0.6 is 22.9 Å². The summed E-state index contributed by atoms with van der Waals surface area (Å²) in [7, 11) is 0. The number of rotatable bonds is 8. The van der Waals surface area contributed by atoms with Crippen LogP contribution in [0.25, 0.3) is 17.2 Å². The number of thiophene rings is 1. The van der Waals surface area contributed by atoms with Gasteiger partial charge in [-0.2, -0.15) is 0 Å². The molecule has 0 unspecified atom stereocenters. The second-order valence-electron chi connectivity index (χ2n) is 6.48. The molecule has 8 heteroatoms. The van der Waals surface area contributed by atoms with Gasteiger partial charge in [-0.05, 0) is 36.3 Å². The maximum atomic E-state index is 12.6. The molecule has 0 aliphatic heterocycles. The van der Waals surface area contributed by atoms with E-state index in [4.69, 9.17) is 21.1 Å². The average molecular weight is 470 g/mol. The summed E-state index contributed by atoms with van der Waals surface area (Å²) in [6, 6.07) is 16.2. The van der Waals surface area contributed by atoms with E-state index in [1.807, 2.05) is 30.3 Å². The Morgan fingerprint density at radius 3 is 2.44 bits per heavy atom. The van der Waals surface area contributed by atoms with Crippen molar-refractivity contribution in [1.82, 2.24) is 0 Å². The smallest absolute Gasteiger partial charge is 0.341 e. The van der Waals surface area contributed by atoms with E-state index in [1.54, 1.807) is 42.6 Å². The van der Waals surface area contributed by atoms with Crippen molar-refractivity contribution in [3.05, 3.63) is 82.2 Å². The van der Waals surface area contributed by atoms with Gasteiger partial charge in [0.05, 0.1) is 6.61 Å². The lowest BCUT2D eigenvalue weighted by molar-refractivity contribution is -0.142. The van der Waals surface area contributed by atoms with Crippen LogP contribution in [-0.2, 0) is 19.1 Å². The fourth-order valence-electron chi connectivity index (χ4n) is 2.77. The molecular formula is C24H20ClNO5S. The molecule has 1 heterocycles. The molecule has 6 nitrogen and oxygen atoms in total. The summed E-state index contributed by atoms with van der Waals surface area (Å²) < 4.78 is 10.1. The van der Waals surface area contributed by atoms with Gasteiger partial charge in [-0.25, -0.2) is 9.59 Å². The second-order valence-corrected chi connectivity index (χ2v) is 7.80. The summed E-state index contributed by atoms with van der Waals surface area (Å²) in [4.78, 5) is 36.8. The molecule has 1 N–H and O–H groups in total. The van der Waals surface area contributed by atoms with Crippen molar-refractivity contribution >= 4 is 51.9 Å². The Bertz CT molecular complexity index is 1120. The predicted molar refractivity (Wildman–Crippen MR) is 126 cm³/mol. The van der Waals surface area contributed by atoms with E-state index in [1.165, 1.54) is 17.4 Å². The molecule has 0 aliphatic carbocycles. The molecule has 3 rings (SSSR count). The van der Waals surface area contributed by atoms with Gasteiger partial charge in [-0.3, -0.25) is 4.79 Å². The van der Waals surface area contributed by atoms with E-state index in [0.29, 0.717) is 15.6 Å². The Labute approximate surface area is 194 Å². The summed E-state index contributed by atoms with van der Waals surface area (Å²) in [6.07, 6.45) is 2.84. The highest BCUT2D eigenvalue weighted by molar-refractivity contribution is 7.15. The van der Waals surface area contributed by atoms with Gasteiger partial charge in [-0.15, -0.1) is 11.3 Å². The van der Waals surface area contributed by atoms with Crippen LogP contribution in [-0.4, -0.2) is 31.1 Å². The molecule has 0 atom stereocenters. The molecule has 0 saturated heterocycles. The normalized spacial score (nSPS) is 10.7. The van der Waals surface area contributed by atoms with E-state index in [2.05, 4.69) is 5.32 Å². The second kappa shape index (κ2) is 11.3. The van der Waals surface area contributed by atoms with Crippen LogP contribution in [0.1, 0.15) is 22.8 Å². The minimum Gasteiger partial charge on any atom is -0.462 e. The zero-order valence-electron chi connectivity index (χ0n) is 17.2. The first-order chi connectivity index (χ1) is 15.5. The molecule has 3 aromatic rings. The Morgan fingerprint density at radius 2 is 1.75 bits per heavy atom. The van der Waals surface area contributed by atoms with Crippen molar-refractivity contribution in [2.24, 2.45) is 0 Å². The first kappa shape index (κ1) is 23.2. The number of amides is 1. The van der Waals surface area contributed by atoms with E-state index >= 15 is 0 Å². The Hall–Kier alpha value is -3.42. The number of esters is 2. The molecule has 1 amide bonds. The summed E-state index contributed by atoms with van der Waals surface area (Å²) in [5.74, 6) is -1.78. The third-order valence-corrected chi connectivity index (χ3v) is 5.38. The van der Waals surface area contributed by atoms with Crippen LogP contribution in [0.3, 0.4) is 0 Å². The highest BCUT2D eigenvalue weighted by Crippen LogP contribution is 2.36. The van der Waals surface area contributed by atoms with Crippen LogP contribution < -0.4 is 5.32 Å². The van der Waals surface area contributed by atoms with Crippen molar-refractivity contribution in [3.8, 4) is 11.1 Å². The molecule has 32 heavy (non-hydrogen) atoms. The highest BCUT2D eigenvalue weighted by atomic mass is 35.5. The lowest BCUT2D eigenvalue weighted by Crippen LogP contribution is -2.21. The molecule has 2 aromatic carbocycles. The number of hydrogen-bond donors (Lipinski definition) is 1. The zero-order valence-corrected chi connectivity index (χ0v) is 18.7. The lowest BCUT2D eigenvalue weighted by Gasteiger charge is -2.09. The zero-order chi connectivity index (χ0) is 22.9. The van der Waals surface area contributed by atoms with Crippen molar-refractivity contribution in [2.75, 3.05) is 18.5 Å². The van der Waals surface area contributed by atoms with Gasteiger partial charge in [0.25, 0.3) is 5.91 Å². The fourth-order valence-corrected chi connectivity index (χ4v) is 3.87. The Morgan fingerprint density at radius 1 is 1.03 bits per heavy atom. The van der Waals surface area contributed by atoms with E-state index < -0.39 is 24.5 Å². The van der Waals surface area contributed by atoms with Gasteiger partial charge in [-0.1, -0.05) is 54.1 Å². The standard InChI is InChI=1S/C24H20ClNO5S/c1-2-30-24(29)22-19(17-9-11-18(25)12-10-17)15-32-23(22)26-20(27)14-31-21(28)13-8-16-6-4-3-5-7-16/h3-13,15H,2,14H2,1H3,(H,26,27). The Kier molecular flexibility index (Phi) is 8.19.